The molecule has 0 saturated carbocycles. The first-order valence-electron chi connectivity index (χ1n) is 19.3. The van der Waals surface area contributed by atoms with Gasteiger partial charge in [0.2, 0.25) is 0 Å². The molecular formula is C44H71NO4. The summed E-state index contributed by atoms with van der Waals surface area (Å²) in [4.78, 5) is 28.0. The van der Waals surface area contributed by atoms with E-state index in [9.17, 15) is 9.59 Å². The van der Waals surface area contributed by atoms with Crippen molar-refractivity contribution >= 4 is 11.9 Å². The minimum atomic E-state index is -0.124. The van der Waals surface area contributed by atoms with Crippen LogP contribution in [0.2, 0.25) is 0 Å². The van der Waals surface area contributed by atoms with Crippen LogP contribution in [0.25, 0.3) is 0 Å². The first-order chi connectivity index (χ1) is 23.2. The van der Waals surface area contributed by atoms with Gasteiger partial charge in [-0.1, -0.05) is 69.9 Å². The predicted octanol–water partition coefficient (Wildman–Crippen LogP) is 11.6. The van der Waals surface area contributed by atoms with Crippen LogP contribution in [-0.2, 0) is 19.1 Å². The Kier molecular flexibility index (Phi) is 19.9. The molecule has 0 aromatic rings. The van der Waals surface area contributed by atoms with Crippen LogP contribution in [0.1, 0.15) is 152 Å². The Balaban J connectivity index is 1.67. The highest BCUT2D eigenvalue weighted by Gasteiger charge is 2.26. The first kappa shape index (κ1) is 42.5. The maximum atomic E-state index is 12.9. The number of carbonyl (C=O) groups is 2. The quantitative estimate of drug-likeness (QED) is 0.0948. The van der Waals surface area contributed by atoms with Crippen LogP contribution in [0.3, 0.4) is 0 Å². The van der Waals surface area contributed by atoms with E-state index in [0.717, 1.165) is 89.9 Å². The summed E-state index contributed by atoms with van der Waals surface area (Å²) in [5, 5.41) is 0. The number of esters is 2. The molecule has 2 aliphatic rings. The van der Waals surface area contributed by atoms with Crippen LogP contribution in [0, 0.1) is 11.8 Å². The van der Waals surface area contributed by atoms with Gasteiger partial charge in [0.1, 0.15) is 13.2 Å². The summed E-state index contributed by atoms with van der Waals surface area (Å²) in [6.07, 6.45) is 28.0. The molecule has 0 fully saturated rings. The van der Waals surface area contributed by atoms with Gasteiger partial charge < -0.3 is 9.47 Å². The first-order valence-corrected chi connectivity index (χ1v) is 19.3. The molecule has 0 heterocycles. The summed E-state index contributed by atoms with van der Waals surface area (Å²) >= 11 is 0. The number of carbonyl (C=O) groups excluding carboxylic acids is 2. The fourth-order valence-corrected chi connectivity index (χ4v) is 6.58. The summed E-state index contributed by atoms with van der Waals surface area (Å²) < 4.78 is 11.5. The van der Waals surface area contributed by atoms with Crippen molar-refractivity contribution in [3.05, 3.63) is 69.9 Å². The molecule has 2 aliphatic carbocycles. The molecule has 2 rings (SSSR count). The second-order valence-corrected chi connectivity index (χ2v) is 16.0. The SMILES string of the molecule is CC(C)=CCC/C(C)=C/CCC1=CCC(C(=O)OCCN(CCOC(=O)C2CC=C(CC/C=C(\C)CCC=C(C)C)CC2)C(C)(C)C)CC1. The number of hydrogen-bond donors (Lipinski definition) is 0. The van der Waals surface area contributed by atoms with E-state index in [1.165, 1.54) is 33.4 Å². The molecule has 0 bridgehead atoms. The zero-order valence-corrected chi connectivity index (χ0v) is 32.9. The van der Waals surface area contributed by atoms with Gasteiger partial charge in [-0.2, -0.15) is 0 Å². The lowest BCUT2D eigenvalue weighted by Crippen LogP contribution is -2.45. The van der Waals surface area contributed by atoms with E-state index in [0.29, 0.717) is 26.3 Å². The largest absolute Gasteiger partial charge is 0.464 e. The zero-order valence-electron chi connectivity index (χ0n) is 32.9. The summed E-state index contributed by atoms with van der Waals surface area (Å²) in [5.41, 5.74) is 8.51. The Morgan fingerprint density at radius 1 is 0.673 bits per heavy atom. The van der Waals surface area contributed by atoms with Crippen molar-refractivity contribution in [3.63, 3.8) is 0 Å². The average molecular weight is 678 g/mol. The highest BCUT2D eigenvalue weighted by Crippen LogP contribution is 2.29. The van der Waals surface area contributed by atoms with Crippen molar-refractivity contribution in [2.24, 2.45) is 11.8 Å². The Morgan fingerprint density at radius 3 is 1.41 bits per heavy atom. The van der Waals surface area contributed by atoms with Crippen LogP contribution in [0.5, 0.6) is 0 Å². The van der Waals surface area contributed by atoms with Crippen LogP contribution in [0.15, 0.2) is 69.9 Å². The molecule has 276 valence electrons. The summed E-state index contributed by atoms with van der Waals surface area (Å²) in [6.45, 7) is 21.5. The molecule has 2 atom stereocenters. The highest BCUT2D eigenvalue weighted by molar-refractivity contribution is 5.73. The molecule has 0 amide bonds. The molecule has 49 heavy (non-hydrogen) atoms. The molecule has 2 unspecified atom stereocenters. The molecule has 0 aromatic carbocycles. The lowest BCUT2D eigenvalue weighted by atomic mass is 9.87. The van der Waals surface area contributed by atoms with E-state index in [1.54, 1.807) is 0 Å². The van der Waals surface area contributed by atoms with Gasteiger partial charge >= 0.3 is 11.9 Å². The van der Waals surface area contributed by atoms with Crippen molar-refractivity contribution < 1.29 is 19.1 Å². The second-order valence-electron chi connectivity index (χ2n) is 16.0. The van der Waals surface area contributed by atoms with Crippen LogP contribution in [-0.4, -0.2) is 48.7 Å². The molecule has 0 aromatic heterocycles. The fraction of sp³-hybridized carbons (Fsp3) is 0.682. The van der Waals surface area contributed by atoms with Crippen LogP contribution in [0.4, 0.5) is 0 Å². The minimum absolute atomic E-state index is 0.0441. The van der Waals surface area contributed by atoms with Gasteiger partial charge in [0.05, 0.1) is 11.8 Å². The molecule has 0 aliphatic heterocycles. The lowest BCUT2D eigenvalue weighted by Gasteiger charge is -2.35. The smallest absolute Gasteiger partial charge is 0.309 e. The molecule has 0 saturated heterocycles. The Morgan fingerprint density at radius 2 is 1.08 bits per heavy atom. The van der Waals surface area contributed by atoms with E-state index in [1.807, 2.05) is 0 Å². The van der Waals surface area contributed by atoms with Gasteiger partial charge in [-0.05, 0) is 152 Å². The van der Waals surface area contributed by atoms with Gasteiger partial charge in [-0.25, -0.2) is 0 Å². The van der Waals surface area contributed by atoms with E-state index in [2.05, 4.69) is 104 Å². The number of rotatable bonds is 20. The number of nitrogens with zero attached hydrogens (tertiary/aromatic N) is 1. The summed E-state index contributed by atoms with van der Waals surface area (Å²) in [6, 6.07) is 0. The average Bonchev–Trinajstić information content (AvgIpc) is 3.03. The monoisotopic (exact) mass is 678 g/mol. The molecule has 0 radical (unpaired) electrons. The van der Waals surface area contributed by atoms with Gasteiger partial charge in [-0.15, -0.1) is 0 Å². The lowest BCUT2D eigenvalue weighted by molar-refractivity contribution is -0.150. The standard InChI is InChI=1S/C44H71NO4/c1-34(2)14-10-16-36(5)18-12-20-38-22-26-40(27-23-38)42(46)48-32-30-45(44(7,8)9)31-33-49-43(47)41-28-24-39(25-29-41)21-13-19-37(6)17-11-15-35(3)4/h14-15,18-19,22,24,40-41H,10-13,16-17,20-21,23,25-33H2,1-9H3/b36-18+,37-19+. The molecule has 0 spiro atoms. The van der Waals surface area contributed by atoms with Crippen molar-refractivity contribution in [1.29, 1.82) is 0 Å². The Bertz CT molecular complexity index is 1130. The van der Waals surface area contributed by atoms with E-state index in [-0.39, 0.29) is 29.3 Å². The topological polar surface area (TPSA) is 55.8 Å². The fourth-order valence-electron chi connectivity index (χ4n) is 6.58. The molecule has 5 nitrogen and oxygen atoms in total. The van der Waals surface area contributed by atoms with Gasteiger partial charge in [0.15, 0.2) is 0 Å². The Hall–Kier alpha value is -2.66. The number of ether oxygens (including phenoxy) is 2. The maximum Gasteiger partial charge on any atom is 0.309 e. The van der Waals surface area contributed by atoms with E-state index >= 15 is 0 Å². The third-order valence-electron chi connectivity index (χ3n) is 9.94. The molecular weight excluding hydrogens is 606 g/mol. The number of allylic oxidation sites excluding steroid dienone is 12. The third kappa shape index (κ3) is 18.8. The predicted molar refractivity (Wildman–Crippen MR) is 207 cm³/mol. The molecule has 0 N–H and O–H groups in total. The van der Waals surface area contributed by atoms with Crippen molar-refractivity contribution in [2.75, 3.05) is 26.3 Å². The third-order valence-corrected chi connectivity index (χ3v) is 9.94. The van der Waals surface area contributed by atoms with Crippen molar-refractivity contribution in [2.45, 2.75) is 158 Å². The van der Waals surface area contributed by atoms with Gasteiger partial charge in [-0.3, -0.25) is 14.5 Å². The molecule has 5 heteroatoms. The summed E-state index contributed by atoms with van der Waals surface area (Å²) in [7, 11) is 0. The van der Waals surface area contributed by atoms with Gasteiger partial charge in [0, 0.05) is 18.6 Å². The Labute approximate surface area is 301 Å². The van der Waals surface area contributed by atoms with Crippen molar-refractivity contribution in [1.82, 2.24) is 4.90 Å². The number of hydrogen-bond acceptors (Lipinski definition) is 5. The van der Waals surface area contributed by atoms with Crippen molar-refractivity contribution in [3.8, 4) is 0 Å². The normalized spacial score (nSPS) is 18.8. The van der Waals surface area contributed by atoms with Crippen LogP contribution < -0.4 is 0 Å². The van der Waals surface area contributed by atoms with Crippen LogP contribution >= 0.6 is 0 Å². The second kappa shape index (κ2) is 22.9. The highest BCUT2D eigenvalue weighted by atomic mass is 16.5. The zero-order chi connectivity index (χ0) is 36.2. The maximum absolute atomic E-state index is 12.9. The minimum Gasteiger partial charge on any atom is -0.464 e. The summed E-state index contributed by atoms with van der Waals surface area (Å²) in [5.74, 6) is -0.253. The van der Waals surface area contributed by atoms with E-state index in [4.69, 9.17) is 9.47 Å². The van der Waals surface area contributed by atoms with Gasteiger partial charge in [0.25, 0.3) is 0 Å². The van der Waals surface area contributed by atoms with E-state index < -0.39 is 0 Å².